The van der Waals surface area contributed by atoms with Crippen LogP contribution in [0.1, 0.15) is 10.5 Å². The number of amides is 1. The van der Waals surface area contributed by atoms with Gasteiger partial charge in [-0.15, -0.1) is 0 Å². The van der Waals surface area contributed by atoms with E-state index in [2.05, 4.69) is 15.5 Å². The molecule has 1 aromatic rings. The van der Waals surface area contributed by atoms with Gasteiger partial charge in [0, 0.05) is 32.2 Å². The van der Waals surface area contributed by atoms with Gasteiger partial charge in [0.05, 0.1) is 0 Å². The number of nitrogen functional groups attached to an aromatic ring is 1. The van der Waals surface area contributed by atoms with Gasteiger partial charge in [-0.2, -0.15) is 5.10 Å². The predicted octanol–water partition coefficient (Wildman–Crippen LogP) is -0.963. The Labute approximate surface area is 81.5 Å². The maximum Gasteiger partial charge on any atom is 0.272 e. The van der Waals surface area contributed by atoms with Crippen molar-refractivity contribution in [2.24, 2.45) is 0 Å². The molecule has 1 amide bonds. The van der Waals surface area contributed by atoms with E-state index in [-0.39, 0.29) is 5.91 Å². The van der Waals surface area contributed by atoms with Gasteiger partial charge < -0.3 is 16.0 Å². The number of nitrogens with two attached hydrogens (primary N) is 1. The zero-order valence-electron chi connectivity index (χ0n) is 7.79. The summed E-state index contributed by atoms with van der Waals surface area (Å²) in [6, 6.07) is 1.56. The molecule has 0 unspecified atom stereocenters. The first kappa shape index (κ1) is 9.01. The summed E-state index contributed by atoms with van der Waals surface area (Å²) >= 11 is 0. The quantitative estimate of drug-likeness (QED) is 0.538. The van der Waals surface area contributed by atoms with Crippen molar-refractivity contribution in [2.45, 2.75) is 0 Å². The highest BCUT2D eigenvalue weighted by Crippen LogP contribution is 2.05. The zero-order chi connectivity index (χ0) is 9.97. The average molecular weight is 195 g/mol. The summed E-state index contributed by atoms with van der Waals surface area (Å²) in [7, 11) is 0. The average Bonchev–Trinajstić information content (AvgIpc) is 2.65. The van der Waals surface area contributed by atoms with Crippen molar-refractivity contribution >= 4 is 11.7 Å². The van der Waals surface area contributed by atoms with E-state index in [1.807, 2.05) is 0 Å². The molecule has 6 nitrogen and oxygen atoms in total. The Morgan fingerprint density at radius 1 is 1.50 bits per heavy atom. The van der Waals surface area contributed by atoms with Crippen LogP contribution in [0.2, 0.25) is 0 Å². The van der Waals surface area contributed by atoms with Crippen molar-refractivity contribution in [3.05, 3.63) is 11.8 Å². The Kier molecular flexibility index (Phi) is 2.36. The Morgan fingerprint density at radius 2 is 2.21 bits per heavy atom. The number of nitrogens with one attached hydrogen (secondary N) is 2. The summed E-state index contributed by atoms with van der Waals surface area (Å²) in [5.74, 6) is 0.319. The maximum absolute atomic E-state index is 11.8. The number of aromatic nitrogens is 2. The van der Waals surface area contributed by atoms with Crippen molar-refractivity contribution in [1.82, 2.24) is 20.4 Å². The molecule has 1 fully saturated rings. The zero-order valence-corrected chi connectivity index (χ0v) is 7.79. The molecule has 14 heavy (non-hydrogen) atoms. The second kappa shape index (κ2) is 3.67. The Balaban J connectivity index is 2.07. The molecule has 1 aromatic heterocycles. The number of carbonyl (C=O) groups is 1. The van der Waals surface area contributed by atoms with Crippen LogP contribution in [0, 0.1) is 0 Å². The van der Waals surface area contributed by atoms with Crippen molar-refractivity contribution in [3.8, 4) is 0 Å². The van der Waals surface area contributed by atoms with Crippen molar-refractivity contribution in [3.63, 3.8) is 0 Å². The third-order valence-corrected chi connectivity index (χ3v) is 2.23. The van der Waals surface area contributed by atoms with Gasteiger partial charge in [-0.05, 0) is 0 Å². The van der Waals surface area contributed by atoms with Crippen LogP contribution in [0.4, 0.5) is 5.82 Å². The van der Waals surface area contributed by atoms with Crippen LogP contribution in [0.25, 0.3) is 0 Å². The fourth-order valence-corrected chi connectivity index (χ4v) is 1.49. The smallest absolute Gasteiger partial charge is 0.272 e. The number of carbonyl (C=O) groups excluding carboxylic acids is 1. The molecule has 0 radical (unpaired) electrons. The monoisotopic (exact) mass is 195 g/mol. The number of anilines is 1. The van der Waals surface area contributed by atoms with Crippen LogP contribution in [-0.2, 0) is 0 Å². The molecule has 0 saturated carbocycles. The number of rotatable bonds is 1. The SMILES string of the molecule is Nc1cc(C(=O)N2CCNCC2)[nH]n1. The second-order valence-corrected chi connectivity index (χ2v) is 3.25. The van der Waals surface area contributed by atoms with Crippen LogP contribution < -0.4 is 11.1 Å². The summed E-state index contributed by atoms with van der Waals surface area (Å²) in [6.07, 6.45) is 0. The van der Waals surface area contributed by atoms with Gasteiger partial charge >= 0.3 is 0 Å². The summed E-state index contributed by atoms with van der Waals surface area (Å²) < 4.78 is 0. The molecule has 0 bridgehead atoms. The highest BCUT2D eigenvalue weighted by atomic mass is 16.2. The van der Waals surface area contributed by atoms with E-state index in [1.165, 1.54) is 0 Å². The van der Waals surface area contributed by atoms with Crippen LogP contribution in [0.15, 0.2) is 6.07 Å². The van der Waals surface area contributed by atoms with E-state index >= 15 is 0 Å². The van der Waals surface area contributed by atoms with Crippen molar-refractivity contribution in [1.29, 1.82) is 0 Å². The van der Waals surface area contributed by atoms with Crippen molar-refractivity contribution in [2.75, 3.05) is 31.9 Å². The number of hydrogen-bond donors (Lipinski definition) is 3. The Morgan fingerprint density at radius 3 is 2.79 bits per heavy atom. The number of piperazine rings is 1. The summed E-state index contributed by atoms with van der Waals surface area (Å²) in [6.45, 7) is 3.15. The first-order valence-electron chi connectivity index (χ1n) is 4.58. The highest BCUT2D eigenvalue weighted by Gasteiger charge is 2.19. The van der Waals surface area contributed by atoms with Gasteiger partial charge in [0.1, 0.15) is 11.5 Å². The molecule has 0 atom stereocenters. The lowest BCUT2D eigenvalue weighted by Crippen LogP contribution is -2.46. The Bertz CT molecular complexity index is 328. The third-order valence-electron chi connectivity index (χ3n) is 2.23. The lowest BCUT2D eigenvalue weighted by Gasteiger charge is -2.26. The van der Waals surface area contributed by atoms with Gasteiger partial charge in [-0.25, -0.2) is 0 Å². The maximum atomic E-state index is 11.8. The van der Waals surface area contributed by atoms with Gasteiger partial charge in [0.2, 0.25) is 0 Å². The largest absolute Gasteiger partial charge is 0.382 e. The van der Waals surface area contributed by atoms with Gasteiger partial charge in [-0.1, -0.05) is 0 Å². The lowest BCUT2D eigenvalue weighted by atomic mass is 10.3. The molecular formula is C8H13N5O. The molecule has 1 aliphatic rings. The van der Waals surface area contributed by atoms with Crippen LogP contribution in [0.3, 0.4) is 0 Å². The normalized spacial score (nSPS) is 17.0. The number of H-pyrrole nitrogens is 1. The van der Waals surface area contributed by atoms with E-state index in [0.29, 0.717) is 11.5 Å². The van der Waals surface area contributed by atoms with E-state index < -0.39 is 0 Å². The molecule has 1 saturated heterocycles. The number of aromatic amines is 1. The van der Waals surface area contributed by atoms with Crippen LogP contribution in [0.5, 0.6) is 0 Å². The molecule has 0 aromatic carbocycles. The lowest BCUT2D eigenvalue weighted by molar-refractivity contribution is 0.0730. The predicted molar refractivity (Wildman–Crippen MR) is 51.8 cm³/mol. The minimum absolute atomic E-state index is 0.0318. The molecule has 1 aliphatic heterocycles. The number of nitrogens with zero attached hydrogens (tertiary/aromatic N) is 2. The fraction of sp³-hybridized carbons (Fsp3) is 0.500. The molecule has 76 valence electrons. The number of hydrogen-bond acceptors (Lipinski definition) is 4. The first-order valence-corrected chi connectivity index (χ1v) is 4.58. The molecular weight excluding hydrogens is 182 g/mol. The molecule has 2 rings (SSSR count). The van der Waals surface area contributed by atoms with Crippen LogP contribution in [-0.4, -0.2) is 47.2 Å². The fourth-order valence-electron chi connectivity index (χ4n) is 1.49. The van der Waals surface area contributed by atoms with Gasteiger partial charge in [-0.3, -0.25) is 9.89 Å². The summed E-state index contributed by atoms with van der Waals surface area (Å²) in [4.78, 5) is 13.6. The molecule has 0 aliphatic carbocycles. The van der Waals surface area contributed by atoms with E-state index in [1.54, 1.807) is 11.0 Å². The van der Waals surface area contributed by atoms with Crippen LogP contribution >= 0.6 is 0 Å². The standard InChI is InChI=1S/C8H13N5O/c9-7-5-6(11-12-7)8(14)13-3-1-10-2-4-13/h5,10H,1-4H2,(H3,9,11,12). The molecule has 0 spiro atoms. The Hall–Kier alpha value is -1.56. The highest BCUT2D eigenvalue weighted by molar-refractivity contribution is 5.93. The van der Waals surface area contributed by atoms with Crippen molar-refractivity contribution < 1.29 is 4.79 Å². The van der Waals surface area contributed by atoms with E-state index in [9.17, 15) is 4.79 Å². The minimum atomic E-state index is -0.0318. The van der Waals surface area contributed by atoms with E-state index in [0.717, 1.165) is 26.2 Å². The topological polar surface area (TPSA) is 87.0 Å². The van der Waals surface area contributed by atoms with E-state index in [4.69, 9.17) is 5.73 Å². The summed E-state index contributed by atoms with van der Waals surface area (Å²) in [5, 5.41) is 9.52. The minimum Gasteiger partial charge on any atom is -0.382 e. The molecule has 4 N–H and O–H groups in total. The second-order valence-electron chi connectivity index (χ2n) is 3.25. The molecule has 2 heterocycles. The first-order chi connectivity index (χ1) is 6.77. The van der Waals surface area contributed by atoms with Gasteiger partial charge in [0.25, 0.3) is 5.91 Å². The van der Waals surface area contributed by atoms with Gasteiger partial charge in [0.15, 0.2) is 0 Å². The third kappa shape index (κ3) is 1.69. The molecule has 6 heteroatoms. The summed E-state index contributed by atoms with van der Waals surface area (Å²) in [5.41, 5.74) is 5.88.